The third-order valence-electron chi connectivity index (χ3n) is 4.67. The summed E-state index contributed by atoms with van der Waals surface area (Å²) in [6, 6.07) is 3.60. The van der Waals surface area contributed by atoms with Gasteiger partial charge in [0, 0.05) is 24.6 Å². The van der Waals surface area contributed by atoms with Crippen molar-refractivity contribution in [3.05, 3.63) is 39.4 Å². The number of hydrogen-bond donors (Lipinski definition) is 3. The molecule has 3 N–H and O–H groups in total. The summed E-state index contributed by atoms with van der Waals surface area (Å²) in [5, 5.41) is 20.7. The SMILES string of the molecule is O=C(CCCCCNC(=O)c1ccc([N+](=O)[O-])c(CO)c1)ON1C(=O)CC(S(=O)(=O)O)C1=O. The molecule has 1 fully saturated rings. The van der Waals surface area contributed by atoms with E-state index in [4.69, 9.17) is 4.55 Å². The zero-order valence-corrected chi connectivity index (χ0v) is 17.9. The minimum Gasteiger partial charge on any atom is -0.391 e. The minimum atomic E-state index is -4.80. The Morgan fingerprint density at radius 1 is 1.24 bits per heavy atom. The van der Waals surface area contributed by atoms with Crippen LogP contribution in [0.15, 0.2) is 18.2 Å². The van der Waals surface area contributed by atoms with Crippen LogP contribution in [0, 0.1) is 10.1 Å². The number of aliphatic hydroxyl groups excluding tert-OH is 1. The van der Waals surface area contributed by atoms with Crippen LogP contribution in [0.3, 0.4) is 0 Å². The van der Waals surface area contributed by atoms with Crippen molar-refractivity contribution in [3.8, 4) is 0 Å². The fraction of sp³-hybridized carbons (Fsp3) is 0.444. The summed E-state index contributed by atoms with van der Waals surface area (Å²) in [6.07, 6.45) is 0.167. The van der Waals surface area contributed by atoms with Crippen LogP contribution in [0.25, 0.3) is 0 Å². The van der Waals surface area contributed by atoms with E-state index in [-0.39, 0.29) is 41.3 Å². The summed E-state index contributed by atoms with van der Waals surface area (Å²) in [7, 11) is -4.80. The maximum atomic E-state index is 12.1. The number of rotatable bonds is 11. The molecular formula is C18H21N3O11S. The van der Waals surface area contributed by atoms with Gasteiger partial charge in [0.15, 0.2) is 5.25 Å². The molecule has 1 aliphatic heterocycles. The van der Waals surface area contributed by atoms with Gasteiger partial charge in [0.25, 0.3) is 33.5 Å². The summed E-state index contributed by atoms with van der Waals surface area (Å²) in [5.41, 5.74) is -0.160. The summed E-state index contributed by atoms with van der Waals surface area (Å²) < 4.78 is 31.0. The lowest BCUT2D eigenvalue weighted by molar-refractivity contribution is -0.385. The zero-order chi connectivity index (χ0) is 24.8. The van der Waals surface area contributed by atoms with E-state index in [2.05, 4.69) is 10.2 Å². The number of amides is 3. The van der Waals surface area contributed by atoms with E-state index in [0.717, 1.165) is 6.07 Å². The molecular weight excluding hydrogens is 466 g/mol. The average molecular weight is 487 g/mol. The van der Waals surface area contributed by atoms with Gasteiger partial charge in [-0.05, 0) is 25.0 Å². The lowest BCUT2D eigenvalue weighted by atomic mass is 10.1. The molecule has 1 aromatic rings. The molecule has 1 unspecified atom stereocenters. The third kappa shape index (κ3) is 6.77. The van der Waals surface area contributed by atoms with Gasteiger partial charge in [0.2, 0.25) is 0 Å². The van der Waals surface area contributed by atoms with Gasteiger partial charge < -0.3 is 15.3 Å². The number of nitro groups is 1. The molecule has 3 amide bonds. The number of hydroxylamine groups is 2. The van der Waals surface area contributed by atoms with Crippen molar-refractivity contribution in [2.75, 3.05) is 6.54 Å². The van der Waals surface area contributed by atoms with Crippen LogP contribution in [0.1, 0.15) is 48.0 Å². The molecule has 0 saturated carbocycles. The second-order valence-corrected chi connectivity index (χ2v) is 8.62. The number of benzene rings is 1. The van der Waals surface area contributed by atoms with Gasteiger partial charge in [-0.2, -0.15) is 8.42 Å². The topological polar surface area (TPSA) is 211 Å². The molecule has 15 heteroatoms. The minimum absolute atomic E-state index is 0.00374. The van der Waals surface area contributed by atoms with Crippen molar-refractivity contribution in [3.63, 3.8) is 0 Å². The van der Waals surface area contributed by atoms with Crippen LogP contribution in [-0.2, 0) is 35.9 Å². The normalized spacial score (nSPS) is 16.1. The van der Waals surface area contributed by atoms with E-state index in [1.165, 1.54) is 12.1 Å². The molecule has 0 radical (unpaired) electrons. The molecule has 0 bridgehead atoms. The lowest BCUT2D eigenvalue weighted by Gasteiger charge is -2.13. The van der Waals surface area contributed by atoms with Crippen molar-refractivity contribution in [2.45, 2.75) is 44.0 Å². The number of nitro benzene ring substituents is 1. The molecule has 1 atom stereocenters. The largest absolute Gasteiger partial charge is 0.391 e. The average Bonchev–Trinajstić information content (AvgIpc) is 3.03. The first kappa shape index (κ1) is 25.8. The van der Waals surface area contributed by atoms with Crippen LogP contribution >= 0.6 is 0 Å². The number of nitrogens with one attached hydrogen (secondary N) is 1. The van der Waals surface area contributed by atoms with Crippen LogP contribution in [0.5, 0.6) is 0 Å². The maximum absolute atomic E-state index is 12.1. The van der Waals surface area contributed by atoms with Crippen LogP contribution in [-0.4, -0.2) is 63.5 Å². The highest BCUT2D eigenvalue weighted by Crippen LogP contribution is 2.21. The number of carbonyl (C=O) groups excluding carboxylic acids is 4. The van der Waals surface area contributed by atoms with Gasteiger partial charge in [0.05, 0.1) is 23.5 Å². The van der Waals surface area contributed by atoms with Crippen molar-refractivity contribution in [1.29, 1.82) is 0 Å². The Labute approximate surface area is 187 Å². The zero-order valence-electron chi connectivity index (χ0n) is 17.1. The molecule has 1 aliphatic rings. The van der Waals surface area contributed by atoms with Crippen molar-refractivity contribution in [1.82, 2.24) is 10.4 Å². The first-order valence-electron chi connectivity index (χ1n) is 9.66. The predicted molar refractivity (Wildman–Crippen MR) is 108 cm³/mol. The van der Waals surface area contributed by atoms with E-state index in [0.29, 0.717) is 12.8 Å². The monoisotopic (exact) mass is 487 g/mol. The Hall–Kier alpha value is -3.43. The van der Waals surface area contributed by atoms with Crippen LogP contribution in [0.2, 0.25) is 0 Å². The summed E-state index contributed by atoms with van der Waals surface area (Å²) in [6.45, 7) is -0.378. The lowest BCUT2D eigenvalue weighted by Crippen LogP contribution is -2.36. The highest BCUT2D eigenvalue weighted by molar-refractivity contribution is 7.87. The molecule has 1 heterocycles. The van der Waals surface area contributed by atoms with E-state index >= 15 is 0 Å². The van der Waals surface area contributed by atoms with Crippen LogP contribution in [0.4, 0.5) is 5.69 Å². The Morgan fingerprint density at radius 3 is 2.52 bits per heavy atom. The Morgan fingerprint density at radius 2 is 1.94 bits per heavy atom. The molecule has 14 nitrogen and oxygen atoms in total. The molecule has 1 aromatic carbocycles. The maximum Gasteiger partial charge on any atom is 0.333 e. The van der Waals surface area contributed by atoms with Crippen molar-refractivity contribution < 1.29 is 47.0 Å². The molecule has 0 aromatic heterocycles. The van der Waals surface area contributed by atoms with E-state index in [1.807, 2.05) is 0 Å². The van der Waals surface area contributed by atoms with E-state index in [1.54, 1.807) is 0 Å². The third-order valence-corrected chi connectivity index (χ3v) is 5.75. The number of carbonyl (C=O) groups is 4. The molecule has 33 heavy (non-hydrogen) atoms. The Bertz CT molecular complexity index is 1070. The molecule has 1 saturated heterocycles. The van der Waals surface area contributed by atoms with Crippen molar-refractivity contribution in [2.24, 2.45) is 0 Å². The van der Waals surface area contributed by atoms with Crippen LogP contribution < -0.4 is 5.32 Å². The molecule has 180 valence electrons. The molecule has 0 spiro atoms. The fourth-order valence-electron chi connectivity index (χ4n) is 2.97. The second kappa shape index (κ2) is 10.9. The van der Waals surface area contributed by atoms with E-state index < -0.39 is 57.0 Å². The smallest absolute Gasteiger partial charge is 0.333 e. The van der Waals surface area contributed by atoms with Gasteiger partial charge in [-0.25, -0.2) is 4.79 Å². The second-order valence-electron chi connectivity index (χ2n) is 7.02. The van der Waals surface area contributed by atoms with Gasteiger partial charge in [-0.3, -0.25) is 29.1 Å². The highest BCUT2D eigenvalue weighted by atomic mass is 32.2. The van der Waals surface area contributed by atoms with Gasteiger partial charge in [-0.15, -0.1) is 5.06 Å². The predicted octanol–water partition coefficient (Wildman–Crippen LogP) is -0.149. The quantitative estimate of drug-likeness (QED) is 0.123. The highest BCUT2D eigenvalue weighted by Gasteiger charge is 2.48. The first-order chi connectivity index (χ1) is 15.5. The Balaban J connectivity index is 1.71. The fourth-order valence-corrected chi connectivity index (χ4v) is 3.67. The number of aliphatic hydroxyl groups is 1. The standard InChI is InChI=1S/C18H21N3O11S/c22-10-12-8-11(5-6-13(12)21(27)28)17(25)19-7-3-1-2-4-16(24)32-20-15(23)9-14(18(20)26)33(29,30)31/h5-6,8,14,22H,1-4,7,9-10H2,(H,19,25)(H,29,30,31). The summed E-state index contributed by atoms with van der Waals surface area (Å²) >= 11 is 0. The molecule has 2 rings (SSSR count). The van der Waals surface area contributed by atoms with E-state index in [9.17, 15) is 42.8 Å². The first-order valence-corrected chi connectivity index (χ1v) is 11.2. The summed E-state index contributed by atoms with van der Waals surface area (Å²) in [5.74, 6) is -3.85. The van der Waals surface area contributed by atoms with Gasteiger partial charge >= 0.3 is 5.97 Å². The van der Waals surface area contributed by atoms with Gasteiger partial charge in [0.1, 0.15) is 0 Å². The number of unbranched alkanes of at least 4 members (excludes halogenated alkanes) is 2. The number of nitrogens with zero attached hydrogens (tertiary/aromatic N) is 2. The van der Waals surface area contributed by atoms with Gasteiger partial charge in [-0.1, -0.05) is 6.42 Å². The summed E-state index contributed by atoms with van der Waals surface area (Å²) in [4.78, 5) is 62.1. The molecule has 0 aliphatic carbocycles. The number of hydrogen-bond acceptors (Lipinski definition) is 10. The van der Waals surface area contributed by atoms with Crippen molar-refractivity contribution >= 4 is 39.5 Å². The number of imide groups is 1. The Kier molecular flexibility index (Phi) is 8.56.